The summed E-state index contributed by atoms with van der Waals surface area (Å²) in [6.07, 6.45) is 1.37. The quantitative estimate of drug-likeness (QED) is 0.288. The highest BCUT2D eigenvalue weighted by atomic mass is 16.5. The highest BCUT2D eigenvalue weighted by Crippen LogP contribution is 2.25. The highest BCUT2D eigenvalue weighted by molar-refractivity contribution is 6.43. The molecule has 0 saturated carbocycles. The van der Waals surface area contributed by atoms with Crippen molar-refractivity contribution in [1.82, 2.24) is 10.6 Å². The molecular weight excluding hydrogens is 331 g/mol. The number of rotatable bonds is 8. The van der Waals surface area contributed by atoms with Gasteiger partial charge in [0, 0.05) is 0 Å². The number of carboxylic acids is 1. The van der Waals surface area contributed by atoms with Crippen LogP contribution in [0.25, 0.3) is 0 Å². The number of carboxylic acid groups (broad SMARTS) is 1. The summed E-state index contributed by atoms with van der Waals surface area (Å²) in [5.74, 6) is -2.95. The Morgan fingerprint density at radius 1 is 1.44 bits per heavy atom. The van der Waals surface area contributed by atoms with Crippen molar-refractivity contribution in [3.8, 4) is 5.75 Å². The first-order valence-corrected chi connectivity index (χ1v) is 7.79. The van der Waals surface area contributed by atoms with Crippen LogP contribution in [-0.2, 0) is 16.0 Å². The zero-order chi connectivity index (χ0) is 18.4. The summed E-state index contributed by atoms with van der Waals surface area (Å²) in [4.78, 5) is 34.1. The topological polar surface area (TPSA) is 145 Å². The number of ether oxygens (including phenoxy) is 1. The van der Waals surface area contributed by atoms with Crippen LogP contribution in [0.3, 0.4) is 0 Å². The molecule has 0 bridgehead atoms. The minimum atomic E-state index is -1.87. The van der Waals surface area contributed by atoms with E-state index in [-0.39, 0.29) is 35.7 Å². The van der Waals surface area contributed by atoms with Gasteiger partial charge in [-0.05, 0) is 37.4 Å². The Labute approximate surface area is 144 Å². The van der Waals surface area contributed by atoms with Gasteiger partial charge in [0.1, 0.15) is 11.3 Å². The van der Waals surface area contributed by atoms with Crippen molar-refractivity contribution in [2.24, 2.45) is 0 Å². The largest absolute Gasteiger partial charge is 0.478 e. The van der Waals surface area contributed by atoms with E-state index in [1.807, 2.05) is 0 Å². The third-order valence-electron chi connectivity index (χ3n) is 4.00. The summed E-state index contributed by atoms with van der Waals surface area (Å²) >= 11 is 0. The third kappa shape index (κ3) is 4.78. The third-order valence-corrected chi connectivity index (χ3v) is 4.00. The van der Waals surface area contributed by atoms with Crippen molar-refractivity contribution >= 4 is 25.5 Å². The molecule has 0 spiro atoms. The average Bonchev–Trinajstić information content (AvgIpc) is 3.10. The van der Waals surface area contributed by atoms with E-state index in [2.05, 4.69) is 10.6 Å². The predicted octanol–water partition coefficient (Wildman–Crippen LogP) is -1.29. The molecule has 10 heteroatoms. The fourth-order valence-corrected chi connectivity index (χ4v) is 2.76. The maximum Gasteiger partial charge on any atom is 0.475 e. The second-order valence-corrected chi connectivity index (χ2v) is 5.69. The van der Waals surface area contributed by atoms with Gasteiger partial charge in [-0.2, -0.15) is 0 Å². The Morgan fingerprint density at radius 3 is 2.76 bits per heavy atom. The Hall–Kier alpha value is -2.43. The summed E-state index contributed by atoms with van der Waals surface area (Å²) in [5, 5.41) is 33.8. The van der Waals surface area contributed by atoms with Crippen LogP contribution in [-0.4, -0.2) is 59.1 Å². The molecule has 9 nitrogen and oxygen atoms in total. The van der Waals surface area contributed by atoms with E-state index in [0.29, 0.717) is 13.0 Å². The number of nitrogens with one attached hydrogen (secondary N) is 2. The number of carbonyl (C=O) groups excluding carboxylic acids is 2. The molecule has 1 aromatic carbocycles. The van der Waals surface area contributed by atoms with Crippen LogP contribution < -0.4 is 15.4 Å². The lowest BCUT2D eigenvalue weighted by atomic mass is 9.75. The van der Waals surface area contributed by atoms with Crippen LogP contribution in [0.5, 0.6) is 5.75 Å². The summed E-state index contributed by atoms with van der Waals surface area (Å²) in [7, 11) is -1.87. The van der Waals surface area contributed by atoms with Crippen molar-refractivity contribution in [1.29, 1.82) is 0 Å². The number of carbonyl (C=O) groups is 3. The van der Waals surface area contributed by atoms with Gasteiger partial charge in [-0.25, -0.2) is 4.79 Å². The molecule has 0 aromatic heterocycles. The second-order valence-electron chi connectivity index (χ2n) is 5.69. The van der Waals surface area contributed by atoms with E-state index in [4.69, 9.17) is 4.74 Å². The fourth-order valence-electron chi connectivity index (χ4n) is 2.76. The summed E-state index contributed by atoms with van der Waals surface area (Å²) in [5.41, 5.74) is 0.0179. The predicted molar refractivity (Wildman–Crippen MR) is 86.9 cm³/mol. The lowest BCUT2D eigenvalue weighted by Crippen LogP contribution is -2.52. The molecule has 25 heavy (non-hydrogen) atoms. The summed E-state index contributed by atoms with van der Waals surface area (Å²) in [6.45, 7) is 0.805. The highest BCUT2D eigenvalue weighted by Gasteiger charge is 2.31. The summed E-state index contributed by atoms with van der Waals surface area (Å²) < 4.78 is 4.77. The molecule has 2 atom stereocenters. The van der Waals surface area contributed by atoms with Crippen molar-refractivity contribution in [2.75, 3.05) is 6.54 Å². The van der Waals surface area contributed by atoms with Gasteiger partial charge < -0.3 is 30.5 Å². The molecule has 1 saturated heterocycles. The van der Waals surface area contributed by atoms with E-state index >= 15 is 0 Å². The second kappa shape index (κ2) is 8.61. The number of amides is 1. The van der Waals surface area contributed by atoms with E-state index < -0.39 is 25.1 Å². The molecule has 1 fully saturated rings. The molecule has 1 aliphatic rings. The van der Waals surface area contributed by atoms with Crippen molar-refractivity contribution in [3.63, 3.8) is 0 Å². The van der Waals surface area contributed by atoms with Gasteiger partial charge in [0.25, 0.3) is 6.47 Å². The van der Waals surface area contributed by atoms with Gasteiger partial charge in [-0.3, -0.25) is 9.59 Å². The minimum absolute atomic E-state index is 0.0939. The van der Waals surface area contributed by atoms with Gasteiger partial charge >= 0.3 is 13.1 Å². The van der Waals surface area contributed by atoms with Crippen LogP contribution in [0.1, 0.15) is 28.8 Å². The first-order valence-electron chi connectivity index (χ1n) is 7.79. The van der Waals surface area contributed by atoms with Gasteiger partial charge in [0.05, 0.1) is 12.0 Å². The monoisotopic (exact) mass is 350 g/mol. The smallest absolute Gasteiger partial charge is 0.475 e. The van der Waals surface area contributed by atoms with Gasteiger partial charge in [0.15, 0.2) is 0 Å². The molecule has 134 valence electrons. The van der Waals surface area contributed by atoms with Crippen molar-refractivity contribution < 1.29 is 34.3 Å². The van der Waals surface area contributed by atoms with Crippen LogP contribution in [0.4, 0.5) is 0 Å². The average molecular weight is 350 g/mol. The van der Waals surface area contributed by atoms with Crippen molar-refractivity contribution in [3.05, 3.63) is 29.3 Å². The maximum atomic E-state index is 12.2. The number of benzene rings is 1. The van der Waals surface area contributed by atoms with Crippen LogP contribution >= 0.6 is 0 Å². The fraction of sp³-hybridized carbons (Fsp3) is 0.400. The Bertz CT molecular complexity index is 647. The minimum Gasteiger partial charge on any atom is -0.478 e. The van der Waals surface area contributed by atoms with E-state index in [9.17, 15) is 29.5 Å². The zero-order valence-electron chi connectivity index (χ0n) is 13.3. The molecule has 0 aliphatic carbocycles. The Balaban J connectivity index is 2.21. The molecule has 2 rings (SSSR count). The molecule has 5 N–H and O–H groups in total. The van der Waals surface area contributed by atoms with Crippen LogP contribution in [0.15, 0.2) is 18.2 Å². The molecule has 1 aliphatic heterocycles. The number of hydrogen-bond donors (Lipinski definition) is 5. The number of hydrogen-bond acceptors (Lipinski definition) is 7. The van der Waals surface area contributed by atoms with Crippen LogP contribution in [0.2, 0.25) is 0 Å². The SMILES string of the molecule is O=COc1c(C[C@H](NC(=O)[C@@H]2CCCN2)B(O)O)cccc1C(=O)O. The molecular formula is C15H19BN2O7. The lowest BCUT2D eigenvalue weighted by Gasteiger charge is -2.21. The summed E-state index contributed by atoms with van der Waals surface area (Å²) in [6, 6.07) is 3.78. The molecule has 1 amide bonds. The Kier molecular flexibility index (Phi) is 6.51. The maximum absolute atomic E-state index is 12.2. The number of aromatic carboxylic acids is 1. The van der Waals surface area contributed by atoms with E-state index in [0.717, 1.165) is 6.42 Å². The van der Waals surface area contributed by atoms with E-state index in [1.54, 1.807) is 0 Å². The Morgan fingerprint density at radius 2 is 2.20 bits per heavy atom. The van der Waals surface area contributed by atoms with Crippen molar-refractivity contribution in [2.45, 2.75) is 31.2 Å². The number of para-hydroxylation sites is 1. The standard InChI is InChI=1S/C15H19BN2O7/c19-8-25-13-9(3-1-4-10(13)15(21)22)7-12(16(23)24)18-14(20)11-5-2-6-17-11/h1,3-4,8,11-12,17,23-24H,2,5-7H2,(H,18,20)(H,21,22)/t11-,12-/m0/s1. The molecule has 0 radical (unpaired) electrons. The first kappa shape index (κ1) is 18.9. The van der Waals surface area contributed by atoms with Gasteiger partial charge in [-0.15, -0.1) is 0 Å². The molecule has 1 aromatic rings. The van der Waals surface area contributed by atoms with Gasteiger partial charge in [-0.1, -0.05) is 12.1 Å². The molecule has 0 unspecified atom stereocenters. The van der Waals surface area contributed by atoms with E-state index in [1.165, 1.54) is 18.2 Å². The first-order chi connectivity index (χ1) is 11.9. The normalized spacial score (nSPS) is 17.6. The molecule has 1 heterocycles. The van der Waals surface area contributed by atoms with Crippen LogP contribution in [0, 0.1) is 0 Å². The zero-order valence-corrected chi connectivity index (χ0v) is 13.3. The lowest BCUT2D eigenvalue weighted by molar-refractivity contribution is -0.123. The van der Waals surface area contributed by atoms with Gasteiger partial charge in [0.2, 0.25) is 5.91 Å².